The van der Waals surface area contributed by atoms with Gasteiger partial charge in [0.05, 0.1) is 6.04 Å². The molecule has 0 saturated heterocycles. The van der Waals surface area contributed by atoms with Crippen molar-refractivity contribution in [2.75, 3.05) is 5.32 Å². The van der Waals surface area contributed by atoms with Crippen LogP contribution in [0.1, 0.15) is 18.0 Å². The molecule has 1 N–H and O–H groups in total. The molecule has 2 rings (SSSR count). The van der Waals surface area contributed by atoms with Gasteiger partial charge in [0.15, 0.2) is 0 Å². The van der Waals surface area contributed by atoms with E-state index < -0.39 is 0 Å². The van der Waals surface area contributed by atoms with Crippen molar-refractivity contribution in [1.29, 1.82) is 0 Å². The molecule has 4 heteroatoms. The first-order chi connectivity index (χ1) is 7.25. The molecule has 1 aromatic heterocycles. The summed E-state index contributed by atoms with van der Waals surface area (Å²) in [4.78, 5) is 4.28. The molecular weight excluding hydrogens is 272 g/mol. The van der Waals surface area contributed by atoms with Gasteiger partial charge >= 0.3 is 0 Å². The Hall–Kier alpha value is -0.870. The van der Waals surface area contributed by atoms with Crippen LogP contribution in [-0.2, 0) is 0 Å². The van der Waals surface area contributed by atoms with Crippen molar-refractivity contribution in [3.05, 3.63) is 45.3 Å². The molecule has 1 aromatic carbocycles. The van der Waals surface area contributed by atoms with Crippen molar-refractivity contribution in [3.8, 4) is 0 Å². The van der Waals surface area contributed by atoms with Crippen LogP contribution >= 0.6 is 27.3 Å². The minimum absolute atomic E-state index is 0.256. The zero-order chi connectivity index (χ0) is 10.7. The van der Waals surface area contributed by atoms with E-state index >= 15 is 0 Å². The van der Waals surface area contributed by atoms with E-state index in [0.717, 1.165) is 15.2 Å². The van der Waals surface area contributed by atoms with Crippen LogP contribution in [0, 0.1) is 0 Å². The van der Waals surface area contributed by atoms with E-state index in [1.807, 2.05) is 35.8 Å². The van der Waals surface area contributed by atoms with Gasteiger partial charge in [-0.1, -0.05) is 15.9 Å². The quantitative estimate of drug-likeness (QED) is 0.918. The summed E-state index contributed by atoms with van der Waals surface area (Å²) < 4.78 is 1.09. The molecule has 0 aliphatic carbocycles. The van der Waals surface area contributed by atoms with Crippen molar-refractivity contribution in [1.82, 2.24) is 4.98 Å². The second kappa shape index (κ2) is 4.77. The molecular formula is C11H11BrN2S. The predicted molar refractivity (Wildman–Crippen MR) is 68.3 cm³/mol. The van der Waals surface area contributed by atoms with Crippen LogP contribution < -0.4 is 5.32 Å². The van der Waals surface area contributed by atoms with E-state index in [4.69, 9.17) is 0 Å². The Morgan fingerprint density at radius 3 is 2.67 bits per heavy atom. The zero-order valence-corrected chi connectivity index (χ0v) is 10.7. The van der Waals surface area contributed by atoms with Gasteiger partial charge in [0.25, 0.3) is 0 Å². The molecule has 1 atom stereocenters. The highest BCUT2D eigenvalue weighted by Gasteiger charge is 2.06. The lowest BCUT2D eigenvalue weighted by Crippen LogP contribution is -2.05. The fraction of sp³-hybridized carbons (Fsp3) is 0.182. The normalized spacial score (nSPS) is 12.4. The van der Waals surface area contributed by atoms with Gasteiger partial charge in [-0.3, -0.25) is 0 Å². The van der Waals surface area contributed by atoms with Crippen molar-refractivity contribution in [2.45, 2.75) is 13.0 Å². The number of benzene rings is 1. The highest BCUT2D eigenvalue weighted by Crippen LogP contribution is 2.21. The summed E-state index contributed by atoms with van der Waals surface area (Å²) in [6.45, 7) is 2.11. The number of hydrogen-bond donors (Lipinski definition) is 1. The van der Waals surface area contributed by atoms with Crippen molar-refractivity contribution in [3.63, 3.8) is 0 Å². The van der Waals surface area contributed by atoms with Crippen molar-refractivity contribution < 1.29 is 0 Å². The minimum Gasteiger partial charge on any atom is -0.376 e. The van der Waals surface area contributed by atoms with E-state index in [-0.39, 0.29) is 6.04 Å². The van der Waals surface area contributed by atoms with Crippen molar-refractivity contribution >= 4 is 33.0 Å². The molecule has 0 aliphatic heterocycles. The lowest BCUT2D eigenvalue weighted by Gasteiger charge is -2.12. The molecule has 0 spiro atoms. The molecule has 15 heavy (non-hydrogen) atoms. The Balaban J connectivity index is 2.06. The number of rotatable bonds is 3. The van der Waals surface area contributed by atoms with Crippen LogP contribution in [0.2, 0.25) is 0 Å². The number of nitrogens with one attached hydrogen (secondary N) is 1. The van der Waals surface area contributed by atoms with Gasteiger partial charge in [-0.2, -0.15) is 0 Å². The number of halogens is 1. The molecule has 2 nitrogen and oxygen atoms in total. The van der Waals surface area contributed by atoms with E-state index in [0.29, 0.717) is 0 Å². The topological polar surface area (TPSA) is 24.9 Å². The summed E-state index contributed by atoms with van der Waals surface area (Å²) in [6.07, 6.45) is 1.83. The summed E-state index contributed by atoms with van der Waals surface area (Å²) in [5, 5.41) is 6.50. The van der Waals surface area contributed by atoms with E-state index in [2.05, 4.69) is 33.2 Å². The van der Waals surface area contributed by atoms with Gasteiger partial charge in [-0.15, -0.1) is 11.3 Å². The Bertz CT molecular complexity index is 411. The van der Waals surface area contributed by atoms with Gasteiger partial charge < -0.3 is 5.32 Å². The number of nitrogens with zero attached hydrogens (tertiary/aromatic N) is 1. The fourth-order valence-corrected chi connectivity index (χ4v) is 2.22. The monoisotopic (exact) mass is 282 g/mol. The molecule has 0 unspecified atom stereocenters. The minimum atomic E-state index is 0.256. The molecule has 0 saturated carbocycles. The molecule has 0 bridgehead atoms. The fourth-order valence-electron chi connectivity index (χ4n) is 1.31. The summed E-state index contributed by atoms with van der Waals surface area (Å²) >= 11 is 5.08. The zero-order valence-electron chi connectivity index (χ0n) is 8.27. The van der Waals surface area contributed by atoms with Gasteiger partial charge in [-0.25, -0.2) is 4.98 Å². The maximum absolute atomic E-state index is 4.28. The molecule has 0 aliphatic rings. The lowest BCUT2D eigenvalue weighted by molar-refractivity contribution is 0.870. The third kappa shape index (κ3) is 2.79. The second-order valence-electron chi connectivity index (χ2n) is 3.24. The number of hydrogen-bond acceptors (Lipinski definition) is 3. The van der Waals surface area contributed by atoms with E-state index in [1.54, 1.807) is 11.3 Å². The van der Waals surface area contributed by atoms with Gasteiger partial charge in [0.1, 0.15) is 5.01 Å². The average molecular weight is 283 g/mol. The summed E-state index contributed by atoms with van der Waals surface area (Å²) in [7, 11) is 0. The van der Waals surface area contributed by atoms with Crippen LogP contribution in [0.25, 0.3) is 0 Å². The molecule has 2 aromatic rings. The van der Waals surface area contributed by atoms with Gasteiger partial charge in [-0.05, 0) is 31.2 Å². The number of anilines is 1. The lowest BCUT2D eigenvalue weighted by atomic mass is 10.3. The van der Waals surface area contributed by atoms with Gasteiger partial charge in [0.2, 0.25) is 0 Å². The molecule has 0 radical (unpaired) electrons. The third-order valence-electron chi connectivity index (χ3n) is 2.05. The molecule has 0 amide bonds. The summed E-state index contributed by atoms with van der Waals surface area (Å²) in [5.74, 6) is 0. The molecule has 78 valence electrons. The maximum Gasteiger partial charge on any atom is 0.115 e. The molecule has 1 heterocycles. The summed E-state index contributed by atoms with van der Waals surface area (Å²) in [5.41, 5.74) is 1.11. The second-order valence-corrected chi connectivity index (χ2v) is 5.09. The van der Waals surface area contributed by atoms with Crippen LogP contribution in [0.15, 0.2) is 40.3 Å². The van der Waals surface area contributed by atoms with E-state index in [9.17, 15) is 0 Å². The summed E-state index contributed by atoms with van der Waals surface area (Å²) in [6, 6.07) is 8.40. The van der Waals surface area contributed by atoms with Gasteiger partial charge in [0, 0.05) is 21.7 Å². The Labute approximate surface area is 101 Å². The Kier molecular flexibility index (Phi) is 3.38. The largest absolute Gasteiger partial charge is 0.376 e. The highest BCUT2D eigenvalue weighted by atomic mass is 79.9. The van der Waals surface area contributed by atoms with E-state index in [1.165, 1.54) is 0 Å². The first kappa shape index (κ1) is 10.6. The first-order valence-corrected chi connectivity index (χ1v) is 6.34. The van der Waals surface area contributed by atoms with Crippen LogP contribution in [0.3, 0.4) is 0 Å². The van der Waals surface area contributed by atoms with Crippen LogP contribution in [0.5, 0.6) is 0 Å². The maximum atomic E-state index is 4.28. The van der Waals surface area contributed by atoms with Crippen LogP contribution in [-0.4, -0.2) is 4.98 Å². The number of aromatic nitrogens is 1. The Morgan fingerprint density at radius 2 is 2.07 bits per heavy atom. The Morgan fingerprint density at radius 1 is 1.33 bits per heavy atom. The number of thiazole rings is 1. The average Bonchev–Trinajstić information content (AvgIpc) is 2.74. The smallest absolute Gasteiger partial charge is 0.115 e. The van der Waals surface area contributed by atoms with Crippen LogP contribution in [0.4, 0.5) is 5.69 Å². The van der Waals surface area contributed by atoms with Crippen molar-refractivity contribution in [2.24, 2.45) is 0 Å². The standard InChI is InChI=1S/C11H11BrN2S/c1-8(11-13-6-7-15-11)14-10-4-2-9(12)3-5-10/h2-8,14H,1H3/t8-/m0/s1. The SMILES string of the molecule is C[C@H](Nc1ccc(Br)cc1)c1nccs1. The third-order valence-corrected chi connectivity index (χ3v) is 3.54. The highest BCUT2D eigenvalue weighted by molar-refractivity contribution is 9.10. The molecule has 0 fully saturated rings. The first-order valence-electron chi connectivity index (χ1n) is 4.67. The predicted octanol–water partition coefficient (Wildman–Crippen LogP) is 4.08.